The van der Waals surface area contributed by atoms with E-state index in [2.05, 4.69) is 5.32 Å². The number of rotatable bonds is 10. The van der Waals surface area contributed by atoms with Crippen molar-refractivity contribution < 1.29 is 9.59 Å². The van der Waals surface area contributed by atoms with Crippen LogP contribution in [0.15, 0.2) is 42.5 Å². The molecule has 0 saturated heterocycles. The quantitative estimate of drug-likeness (QED) is 0.421. The first-order chi connectivity index (χ1) is 14.7. The fourth-order valence-corrected chi connectivity index (χ4v) is 4.24. The highest BCUT2D eigenvalue weighted by Crippen LogP contribution is 2.24. The Morgan fingerprint density at radius 1 is 1.03 bits per heavy atom. The van der Waals surface area contributed by atoms with Gasteiger partial charge in [-0.25, -0.2) is 0 Å². The van der Waals surface area contributed by atoms with E-state index in [4.69, 9.17) is 34.8 Å². The summed E-state index contributed by atoms with van der Waals surface area (Å²) in [4.78, 5) is 27.4. The Morgan fingerprint density at radius 3 is 2.42 bits per heavy atom. The first-order valence-electron chi connectivity index (χ1n) is 10.1. The van der Waals surface area contributed by atoms with E-state index in [1.165, 1.54) is 11.8 Å². The van der Waals surface area contributed by atoms with Crippen LogP contribution < -0.4 is 5.32 Å². The molecule has 168 valence electrons. The zero-order chi connectivity index (χ0) is 23.0. The molecule has 0 aromatic heterocycles. The van der Waals surface area contributed by atoms with Crippen LogP contribution in [0, 0.1) is 0 Å². The maximum atomic E-state index is 13.1. The number of halogens is 3. The van der Waals surface area contributed by atoms with Gasteiger partial charge in [0.25, 0.3) is 0 Å². The van der Waals surface area contributed by atoms with E-state index in [1.807, 2.05) is 44.2 Å². The molecular weight excluding hydrogens is 475 g/mol. The van der Waals surface area contributed by atoms with Crippen LogP contribution in [0.5, 0.6) is 0 Å². The van der Waals surface area contributed by atoms with Crippen molar-refractivity contribution in [3.05, 3.63) is 68.7 Å². The average Bonchev–Trinajstić information content (AvgIpc) is 2.73. The fraction of sp³-hybridized carbons (Fsp3) is 0.391. The van der Waals surface area contributed by atoms with Crippen LogP contribution in [-0.2, 0) is 21.9 Å². The van der Waals surface area contributed by atoms with Gasteiger partial charge in [-0.3, -0.25) is 9.59 Å². The number of carbonyl (C=O) groups is 2. The summed E-state index contributed by atoms with van der Waals surface area (Å²) in [5.41, 5.74) is 1.86. The van der Waals surface area contributed by atoms with Crippen molar-refractivity contribution in [2.45, 2.75) is 51.6 Å². The van der Waals surface area contributed by atoms with Gasteiger partial charge in [0.05, 0.1) is 15.8 Å². The SMILES string of the molecule is CC[C@@H](C)NC(=O)[C@@H](C)N(Cc1ccc(Cl)c(Cl)c1)C(=O)CSCc1cccc(Cl)c1. The van der Waals surface area contributed by atoms with Gasteiger partial charge in [-0.1, -0.05) is 59.9 Å². The molecular formula is C23H27Cl3N2O2S. The average molecular weight is 502 g/mol. The number of thioether (sulfide) groups is 1. The molecule has 1 N–H and O–H groups in total. The van der Waals surface area contributed by atoms with Gasteiger partial charge in [0.1, 0.15) is 6.04 Å². The predicted molar refractivity (Wildman–Crippen MR) is 132 cm³/mol. The molecule has 0 unspecified atom stereocenters. The number of hydrogen-bond acceptors (Lipinski definition) is 3. The first kappa shape index (κ1) is 25.9. The number of nitrogens with zero attached hydrogens (tertiary/aromatic N) is 1. The van der Waals surface area contributed by atoms with Gasteiger partial charge in [-0.15, -0.1) is 11.8 Å². The lowest BCUT2D eigenvalue weighted by Gasteiger charge is -2.29. The number of benzene rings is 2. The molecule has 0 saturated carbocycles. The van der Waals surface area contributed by atoms with E-state index < -0.39 is 6.04 Å². The number of carbonyl (C=O) groups excluding carboxylic acids is 2. The second-order valence-electron chi connectivity index (χ2n) is 7.39. The third-order valence-electron chi connectivity index (χ3n) is 4.89. The first-order valence-corrected chi connectivity index (χ1v) is 12.4. The lowest BCUT2D eigenvalue weighted by atomic mass is 10.1. The van der Waals surface area contributed by atoms with Crippen molar-refractivity contribution in [3.8, 4) is 0 Å². The lowest BCUT2D eigenvalue weighted by molar-refractivity contribution is -0.138. The summed E-state index contributed by atoms with van der Waals surface area (Å²) in [5.74, 6) is 0.599. The standard InChI is InChI=1S/C23H27Cl3N2O2S/c1-4-15(2)27-23(30)16(3)28(12-17-8-9-20(25)21(26)11-17)22(29)14-31-13-18-6-5-7-19(24)10-18/h5-11,15-16H,4,12-14H2,1-3H3,(H,27,30)/t15-,16-/m1/s1. The number of amides is 2. The van der Waals surface area contributed by atoms with Crippen LogP contribution in [-0.4, -0.2) is 34.6 Å². The molecule has 8 heteroatoms. The molecule has 2 atom stereocenters. The van der Waals surface area contributed by atoms with Crippen molar-refractivity contribution in [2.75, 3.05) is 5.75 Å². The maximum Gasteiger partial charge on any atom is 0.242 e. The van der Waals surface area contributed by atoms with Crippen LogP contribution >= 0.6 is 46.6 Å². The summed E-state index contributed by atoms with van der Waals surface area (Å²) in [5, 5.41) is 4.49. The van der Waals surface area contributed by atoms with E-state index in [0.717, 1.165) is 17.5 Å². The normalized spacial score (nSPS) is 12.8. The molecule has 31 heavy (non-hydrogen) atoms. The molecule has 0 spiro atoms. The zero-order valence-corrected chi connectivity index (χ0v) is 20.9. The Kier molecular flexibility index (Phi) is 10.5. The number of nitrogens with one attached hydrogen (secondary N) is 1. The molecule has 2 aromatic rings. The smallest absolute Gasteiger partial charge is 0.242 e. The van der Waals surface area contributed by atoms with E-state index in [0.29, 0.717) is 20.8 Å². The molecule has 0 fully saturated rings. The predicted octanol–water partition coefficient (Wildman–Crippen LogP) is 6.21. The summed E-state index contributed by atoms with van der Waals surface area (Å²) in [6.45, 7) is 5.95. The van der Waals surface area contributed by atoms with E-state index in [9.17, 15) is 9.59 Å². The van der Waals surface area contributed by atoms with Crippen molar-refractivity contribution >= 4 is 58.4 Å². The second-order valence-corrected chi connectivity index (χ2v) is 9.62. The fourth-order valence-electron chi connectivity index (χ4n) is 2.85. The molecule has 2 amide bonds. The van der Waals surface area contributed by atoms with E-state index in [-0.39, 0.29) is 30.2 Å². The summed E-state index contributed by atoms with van der Waals surface area (Å²) >= 11 is 19.7. The highest BCUT2D eigenvalue weighted by atomic mass is 35.5. The van der Waals surface area contributed by atoms with Gasteiger partial charge in [0, 0.05) is 23.4 Å². The molecule has 0 radical (unpaired) electrons. The summed E-state index contributed by atoms with van der Waals surface area (Å²) in [7, 11) is 0. The van der Waals surface area contributed by atoms with Crippen molar-refractivity contribution in [2.24, 2.45) is 0 Å². The zero-order valence-electron chi connectivity index (χ0n) is 17.8. The highest BCUT2D eigenvalue weighted by molar-refractivity contribution is 7.99. The Balaban J connectivity index is 2.11. The Hall–Kier alpha value is -1.40. The second kappa shape index (κ2) is 12.6. The van der Waals surface area contributed by atoms with Crippen LogP contribution in [0.2, 0.25) is 15.1 Å². The topological polar surface area (TPSA) is 49.4 Å². The van der Waals surface area contributed by atoms with Crippen LogP contribution in [0.25, 0.3) is 0 Å². The highest BCUT2D eigenvalue weighted by Gasteiger charge is 2.26. The third-order valence-corrected chi connectivity index (χ3v) is 6.85. The lowest BCUT2D eigenvalue weighted by Crippen LogP contribution is -2.50. The third kappa shape index (κ3) is 8.23. The minimum Gasteiger partial charge on any atom is -0.352 e. The molecule has 0 aliphatic carbocycles. The van der Waals surface area contributed by atoms with E-state index >= 15 is 0 Å². The molecule has 0 aliphatic rings. The van der Waals surface area contributed by atoms with Crippen LogP contribution in [0.4, 0.5) is 0 Å². The van der Waals surface area contributed by atoms with Crippen molar-refractivity contribution in [3.63, 3.8) is 0 Å². The van der Waals surface area contributed by atoms with Crippen molar-refractivity contribution in [1.29, 1.82) is 0 Å². The molecule has 2 rings (SSSR count). The van der Waals surface area contributed by atoms with Gasteiger partial charge in [-0.05, 0) is 55.7 Å². The van der Waals surface area contributed by atoms with E-state index in [1.54, 1.807) is 24.0 Å². The van der Waals surface area contributed by atoms with Crippen molar-refractivity contribution in [1.82, 2.24) is 10.2 Å². The molecule has 0 aliphatic heterocycles. The summed E-state index contributed by atoms with van der Waals surface area (Å²) < 4.78 is 0. The molecule has 4 nitrogen and oxygen atoms in total. The van der Waals surface area contributed by atoms with Gasteiger partial charge < -0.3 is 10.2 Å². The molecule has 0 bridgehead atoms. The number of hydrogen-bond donors (Lipinski definition) is 1. The van der Waals surface area contributed by atoms with Gasteiger partial charge in [-0.2, -0.15) is 0 Å². The van der Waals surface area contributed by atoms with Gasteiger partial charge in [0.2, 0.25) is 11.8 Å². The van der Waals surface area contributed by atoms with Gasteiger partial charge in [0.15, 0.2) is 0 Å². The molecule has 0 heterocycles. The maximum absolute atomic E-state index is 13.1. The van der Waals surface area contributed by atoms with Gasteiger partial charge >= 0.3 is 0 Å². The monoisotopic (exact) mass is 500 g/mol. The Morgan fingerprint density at radius 2 is 1.77 bits per heavy atom. The largest absolute Gasteiger partial charge is 0.352 e. The minimum absolute atomic E-state index is 0.0362. The summed E-state index contributed by atoms with van der Waals surface area (Å²) in [6.07, 6.45) is 0.814. The molecule has 2 aromatic carbocycles. The Labute approximate surface area is 203 Å². The Bertz CT molecular complexity index is 910. The minimum atomic E-state index is -0.622. The van der Waals surface area contributed by atoms with Crippen LogP contribution in [0.3, 0.4) is 0 Å². The summed E-state index contributed by atoms with van der Waals surface area (Å²) in [6, 6.07) is 12.2. The van der Waals surface area contributed by atoms with Crippen LogP contribution in [0.1, 0.15) is 38.3 Å².